The Balaban J connectivity index is 1.78. The van der Waals surface area contributed by atoms with Crippen molar-refractivity contribution in [1.82, 2.24) is 24.6 Å². The van der Waals surface area contributed by atoms with Crippen LogP contribution in [0.25, 0.3) is 5.69 Å². The van der Waals surface area contributed by atoms with Gasteiger partial charge in [0.2, 0.25) is 0 Å². The molecule has 37 heavy (non-hydrogen) atoms. The summed E-state index contributed by atoms with van der Waals surface area (Å²) in [6.45, 7) is 7.43. The van der Waals surface area contributed by atoms with Crippen LogP contribution >= 0.6 is 0 Å². The molecular formula is C27H37N5O4S. The lowest BCUT2D eigenvalue weighted by molar-refractivity contribution is 0.244. The van der Waals surface area contributed by atoms with E-state index in [0.717, 1.165) is 43.0 Å². The van der Waals surface area contributed by atoms with E-state index >= 15 is 0 Å². The largest absolute Gasteiger partial charge is 0.494 e. The molecule has 0 spiro atoms. The van der Waals surface area contributed by atoms with E-state index in [1.165, 1.54) is 0 Å². The zero-order chi connectivity index (χ0) is 26.7. The number of pyridine rings is 1. The Morgan fingerprint density at radius 2 is 1.78 bits per heavy atom. The van der Waals surface area contributed by atoms with Crippen molar-refractivity contribution in [3.63, 3.8) is 0 Å². The maximum absolute atomic E-state index is 13.7. The van der Waals surface area contributed by atoms with Crippen molar-refractivity contribution in [3.05, 3.63) is 59.4 Å². The van der Waals surface area contributed by atoms with Crippen LogP contribution < -0.4 is 9.47 Å². The summed E-state index contributed by atoms with van der Waals surface area (Å²) in [5.41, 5.74) is 2.40. The molecule has 3 atom stereocenters. The van der Waals surface area contributed by atoms with Gasteiger partial charge < -0.3 is 14.4 Å². The van der Waals surface area contributed by atoms with Crippen LogP contribution in [0.1, 0.15) is 61.4 Å². The Hall–Kier alpha value is -2.98. The predicted octanol–water partition coefficient (Wildman–Crippen LogP) is 3.90. The van der Waals surface area contributed by atoms with Gasteiger partial charge in [-0.25, -0.2) is 8.42 Å². The molecule has 1 aromatic carbocycles. The topological polar surface area (TPSA) is 99.4 Å². The molecule has 4 rings (SSSR count). The minimum atomic E-state index is -3.62. The van der Waals surface area contributed by atoms with Crippen LogP contribution in [0.4, 0.5) is 0 Å². The number of hydrogen-bond acceptors (Lipinski definition) is 8. The summed E-state index contributed by atoms with van der Waals surface area (Å²) in [5.74, 6) is 1.75. The number of ether oxygens (including phenoxy) is 2. The third-order valence-corrected chi connectivity index (χ3v) is 9.57. The van der Waals surface area contributed by atoms with Gasteiger partial charge in [0, 0.05) is 30.3 Å². The van der Waals surface area contributed by atoms with Crippen LogP contribution in [-0.2, 0) is 15.6 Å². The fraction of sp³-hybridized carbons (Fsp3) is 0.519. The van der Waals surface area contributed by atoms with Crippen molar-refractivity contribution in [2.45, 2.75) is 56.5 Å². The van der Waals surface area contributed by atoms with Crippen molar-refractivity contribution in [2.24, 2.45) is 0 Å². The van der Waals surface area contributed by atoms with Gasteiger partial charge >= 0.3 is 0 Å². The van der Waals surface area contributed by atoms with Gasteiger partial charge in [-0.05, 0) is 64.0 Å². The number of likely N-dealkylation sites (N-methyl/N-ethyl adjacent to an activating group) is 1. The Kier molecular flexibility index (Phi) is 8.18. The smallest absolute Gasteiger partial charge is 0.160 e. The molecule has 0 aliphatic carbocycles. The van der Waals surface area contributed by atoms with Gasteiger partial charge in [-0.2, -0.15) is 0 Å². The summed E-state index contributed by atoms with van der Waals surface area (Å²) < 4.78 is 40.7. The van der Waals surface area contributed by atoms with E-state index in [0.29, 0.717) is 23.0 Å². The van der Waals surface area contributed by atoms with E-state index in [1.54, 1.807) is 27.3 Å². The molecule has 0 amide bonds. The SMILES string of the molecule is COc1cccc(OC)c1-n1c(CS(=O)(=O)[C@@H](C)[C@H](C)c2ccc(C)cn2)nnc1[C@@H]1CCCN(C)C1. The van der Waals surface area contributed by atoms with E-state index in [9.17, 15) is 8.42 Å². The highest BCUT2D eigenvalue weighted by Gasteiger charge is 2.34. The van der Waals surface area contributed by atoms with Crippen LogP contribution in [0.2, 0.25) is 0 Å². The monoisotopic (exact) mass is 527 g/mol. The molecule has 0 saturated carbocycles. The lowest BCUT2D eigenvalue weighted by Crippen LogP contribution is -2.32. The number of methoxy groups -OCH3 is 2. The van der Waals surface area contributed by atoms with E-state index in [-0.39, 0.29) is 17.6 Å². The first-order valence-electron chi connectivity index (χ1n) is 12.6. The second-order valence-corrected chi connectivity index (χ2v) is 12.3. The maximum Gasteiger partial charge on any atom is 0.160 e. The minimum Gasteiger partial charge on any atom is -0.494 e. The lowest BCUT2D eigenvalue weighted by atomic mass is 9.97. The van der Waals surface area contributed by atoms with Crippen molar-refractivity contribution in [2.75, 3.05) is 34.4 Å². The second kappa shape index (κ2) is 11.2. The van der Waals surface area contributed by atoms with Gasteiger partial charge in [0.05, 0.1) is 19.5 Å². The summed E-state index contributed by atoms with van der Waals surface area (Å²) >= 11 is 0. The molecule has 0 bridgehead atoms. The second-order valence-electron chi connectivity index (χ2n) is 9.98. The molecule has 0 unspecified atom stereocenters. The average Bonchev–Trinajstić information content (AvgIpc) is 3.29. The number of rotatable bonds is 9. The van der Waals surface area contributed by atoms with Crippen molar-refractivity contribution >= 4 is 9.84 Å². The highest BCUT2D eigenvalue weighted by Crippen LogP contribution is 2.37. The van der Waals surface area contributed by atoms with Crippen LogP contribution in [0.15, 0.2) is 36.5 Å². The number of aromatic nitrogens is 4. The Morgan fingerprint density at radius 1 is 1.08 bits per heavy atom. The van der Waals surface area contributed by atoms with E-state index in [1.807, 2.05) is 48.7 Å². The number of benzene rings is 1. The number of aryl methyl sites for hydroxylation is 1. The molecule has 0 N–H and O–H groups in total. The molecule has 1 aliphatic heterocycles. The number of piperidine rings is 1. The zero-order valence-corrected chi connectivity index (χ0v) is 23.3. The predicted molar refractivity (Wildman–Crippen MR) is 143 cm³/mol. The molecule has 2 aromatic heterocycles. The fourth-order valence-electron chi connectivity index (χ4n) is 4.97. The van der Waals surface area contributed by atoms with Gasteiger partial charge in [-0.15, -0.1) is 10.2 Å². The van der Waals surface area contributed by atoms with Crippen LogP contribution in [0.3, 0.4) is 0 Å². The van der Waals surface area contributed by atoms with Gasteiger partial charge in [-0.1, -0.05) is 19.1 Å². The third-order valence-electron chi connectivity index (χ3n) is 7.37. The summed E-state index contributed by atoms with van der Waals surface area (Å²) in [5, 5.41) is 8.33. The van der Waals surface area contributed by atoms with Gasteiger partial charge in [0.1, 0.15) is 28.8 Å². The summed E-state index contributed by atoms with van der Waals surface area (Å²) in [7, 11) is 1.64. The standard InChI is InChI=1S/C27H37N5O4S/c1-18-12-13-22(28-15-18)19(2)20(3)37(33,34)17-25-29-30-27(21-9-8-14-31(4)16-21)32(25)26-23(35-5)10-7-11-24(26)36-6/h7,10-13,15,19-21H,8-9,14,16-17H2,1-6H3/t19-,20-,21+/m0/s1. The molecule has 200 valence electrons. The maximum atomic E-state index is 13.7. The zero-order valence-electron chi connectivity index (χ0n) is 22.5. The van der Waals surface area contributed by atoms with Crippen molar-refractivity contribution in [1.29, 1.82) is 0 Å². The highest BCUT2D eigenvalue weighted by atomic mass is 32.2. The van der Waals surface area contributed by atoms with Gasteiger partial charge in [0.25, 0.3) is 0 Å². The first kappa shape index (κ1) is 27.1. The molecule has 3 heterocycles. The third kappa shape index (κ3) is 5.65. The van der Waals surface area contributed by atoms with Gasteiger partial charge in [-0.3, -0.25) is 9.55 Å². The van der Waals surface area contributed by atoms with Crippen molar-refractivity contribution < 1.29 is 17.9 Å². The molecule has 1 saturated heterocycles. The molecule has 10 heteroatoms. The van der Waals surface area contributed by atoms with Crippen LogP contribution in [0.5, 0.6) is 11.5 Å². The van der Waals surface area contributed by atoms with Gasteiger partial charge in [0.15, 0.2) is 15.7 Å². The minimum absolute atomic E-state index is 0.102. The molecular weight excluding hydrogens is 490 g/mol. The molecule has 0 radical (unpaired) electrons. The van der Waals surface area contributed by atoms with E-state index in [2.05, 4.69) is 27.1 Å². The molecule has 1 fully saturated rings. The van der Waals surface area contributed by atoms with Crippen LogP contribution in [0, 0.1) is 6.92 Å². The summed E-state index contributed by atoms with van der Waals surface area (Å²) in [6, 6.07) is 9.36. The van der Waals surface area contributed by atoms with E-state index < -0.39 is 15.1 Å². The summed E-state index contributed by atoms with van der Waals surface area (Å²) in [6.07, 6.45) is 3.74. The number of sulfone groups is 1. The normalized spacial score (nSPS) is 18.4. The molecule has 9 nitrogen and oxygen atoms in total. The Labute approximate surface area is 219 Å². The lowest BCUT2D eigenvalue weighted by Gasteiger charge is -2.30. The first-order valence-corrected chi connectivity index (χ1v) is 14.4. The van der Waals surface area contributed by atoms with Crippen LogP contribution in [-0.4, -0.2) is 72.7 Å². The number of likely N-dealkylation sites (tertiary alicyclic amines) is 1. The molecule has 1 aliphatic rings. The summed E-state index contributed by atoms with van der Waals surface area (Å²) in [4.78, 5) is 6.73. The highest BCUT2D eigenvalue weighted by molar-refractivity contribution is 7.91. The number of para-hydroxylation sites is 1. The Bertz CT molecular complexity index is 1300. The number of nitrogens with zero attached hydrogens (tertiary/aromatic N) is 5. The first-order chi connectivity index (χ1) is 17.7. The average molecular weight is 528 g/mol. The van der Waals surface area contributed by atoms with E-state index in [4.69, 9.17) is 9.47 Å². The van der Waals surface area contributed by atoms with Crippen molar-refractivity contribution in [3.8, 4) is 17.2 Å². The Morgan fingerprint density at radius 3 is 2.38 bits per heavy atom. The fourth-order valence-corrected chi connectivity index (χ4v) is 6.54. The quantitative estimate of drug-likeness (QED) is 0.413. The molecule has 3 aromatic rings. The number of hydrogen-bond donors (Lipinski definition) is 0.